The molecule has 0 N–H and O–H groups in total. The van der Waals surface area contributed by atoms with Crippen molar-refractivity contribution in [2.75, 3.05) is 31.1 Å². The van der Waals surface area contributed by atoms with E-state index in [2.05, 4.69) is 28.2 Å². The van der Waals surface area contributed by atoms with E-state index >= 15 is 0 Å². The first-order chi connectivity index (χ1) is 11.1. The molecule has 1 atom stereocenters. The highest BCUT2D eigenvalue weighted by atomic mass is 32.2. The Bertz CT molecular complexity index is 606. The summed E-state index contributed by atoms with van der Waals surface area (Å²) in [4.78, 5) is 6.25. The number of piperidine rings is 1. The molecule has 0 aromatic carbocycles. The maximum Gasteiger partial charge on any atom is 0.151 e. The second-order valence-corrected chi connectivity index (χ2v) is 10.1. The van der Waals surface area contributed by atoms with Crippen molar-refractivity contribution < 1.29 is 8.42 Å². The Kier molecular flexibility index (Phi) is 5.78. The summed E-state index contributed by atoms with van der Waals surface area (Å²) in [7, 11) is -2.80. The van der Waals surface area contributed by atoms with E-state index in [9.17, 15) is 8.42 Å². The minimum atomic E-state index is -2.80. The van der Waals surface area contributed by atoms with Crippen molar-refractivity contribution >= 4 is 21.2 Å². The predicted octanol–water partition coefficient (Wildman–Crippen LogP) is 2.74. The van der Waals surface area contributed by atoms with Crippen LogP contribution in [0.25, 0.3) is 0 Å². The summed E-state index contributed by atoms with van der Waals surface area (Å²) in [5.74, 6) is 0.700. The summed E-state index contributed by atoms with van der Waals surface area (Å²) in [6.45, 7) is 7.47. The number of likely N-dealkylation sites (tertiary alicyclic amines) is 1. The second-order valence-electron chi connectivity index (χ2n) is 6.88. The zero-order valence-electron chi connectivity index (χ0n) is 14.0. The average molecular weight is 357 g/mol. The molecular formula is C17H28N2O2S2. The zero-order chi connectivity index (χ0) is 16.3. The molecule has 23 heavy (non-hydrogen) atoms. The maximum atomic E-state index is 11.7. The molecule has 1 aromatic heterocycles. The molecule has 6 heteroatoms. The minimum Gasteiger partial charge on any atom is -0.299 e. The van der Waals surface area contributed by atoms with Crippen LogP contribution in [0.3, 0.4) is 0 Å². The van der Waals surface area contributed by atoms with Crippen LogP contribution in [-0.4, -0.2) is 55.4 Å². The van der Waals surface area contributed by atoms with Crippen molar-refractivity contribution in [1.29, 1.82) is 0 Å². The Balaban J connectivity index is 1.56. The normalized spacial score (nSPS) is 25.2. The van der Waals surface area contributed by atoms with E-state index in [4.69, 9.17) is 0 Å². The molecular weight excluding hydrogens is 328 g/mol. The van der Waals surface area contributed by atoms with Gasteiger partial charge in [0, 0.05) is 24.0 Å². The Morgan fingerprint density at radius 2 is 2.09 bits per heavy atom. The summed E-state index contributed by atoms with van der Waals surface area (Å²) in [5, 5.41) is 2.28. The first-order valence-corrected chi connectivity index (χ1v) is 11.5. The summed E-state index contributed by atoms with van der Waals surface area (Å²) < 4.78 is 23.4. The maximum absolute atomic E-state index is 11.7. The predicted molar refractivity (Wildman–Crippen MR) is 96.6 cm³/mol. The molecule has 0 amide bonds. The number of hydrogen-bond acceptors (Lipinski definition) is 5. The van der Waals surface area contributed by atoms with Gasteiger partial charge in [-0.25, -0.2) is 8.42 Å². The summed E-state index contributed by atoms with van der Waals surface area (Å²) >= 11 is 1.82. The van der Waals surface area contributed by atoms with Crippen molar-refractivity contribution in [3.8, 4) is 0 Å². The van der Waals surface area contributed by atoms with Crippen LogP contribution >= 0.6 is 11.3 Å². The molecule has 2 fully saturated rings. The van der Waals surface area contributed by atoms with E-state index < -0.39 is 9.84 Å². The largest absolute Gasteiger partial charge is 0.299 e. The first-order valence-electron chi connectivity index (χ1n) is 8.79. The number of hydrogen-bond donors (Lipinski definition) is 0. The summed E-state index contributed by atoms with van der Waals surface area (Å²) in [6.07, 6.45) is 4.83. The monoisotopic (exact) mass is 356 g/mol. The molecule has 2 saturated heterocycles. The summed E-state index contributed by atoms with van der Waals surface area (Å²) in [6, 6.07) is 2.53. The van der Waals surface area contributed by atoms with Crippen LogP contribution in [0.5, 0.6) is 0 Å². The van der Waals surface area contributed by atoms with Gasteiger partial charge in [-0.2, -0.15) is 0 Å². The standard InChI is InChI=1S/C17H28N2O2S2/c1-2-19(16-6-9-23(20,21)14-16)12-17-10-15(13-22-17)11-18-7-4-3-5-8-18/h10,13,16H,2-9,11-12,14H2,1H3. The van der Waals surface area contributed by atoms with Crippen LogP contribution < -0.4 is 0 Å². The molecule has 2 aliphatic heterocycles. The van der Waals surface area contributed by atoms with Gasteiger partial charge in [0.05, 0.1) is 11.5 Å². The van der Waals surface area contributed by atoms with E-state index in [1.54, 1.807) is 0 Å². The Labute approximate surface area is 144 Å². The highest BCUT2D eigenvalue weighted by molar-refractivity contribution is 7.91. The lowest BCUT2D eigenvalue weighted by Crippen LogP contribution is -2.35. The van der Waals surface area contributed by atoms with E-state index in [1.807, 2.05) is 11.3 Å². The number of nitrogens with zero attached hydrogens (tertiary/aromatic N) is 2. The van der Waals surface area contributed by atoms with E-state index in [1.165, 1.54) is 42.8 Å². The number of sulfone groups is 1. The van der Waals surface area contributed by atoms with Gasteiger partial charge in [-0.1, -0.05) is 13.3 Å². The molecule has 0 saturated carbocycles. The lowest BCUT2D eigenvalue weighted by atomic mass is 10.1. The van der Waals surface area contributed by atoms with Gasteiger partial charge in [0.15, 0.2) is 9.84 Å². The quantitative estimate of drug-likeness (QED) is 0.786. The van der Waals surface area contributed by atoms with Crippen molar-refractivity contribution in [2.24, 2.45) is 0 Å². The third-order valence-corrected chi connectivity index (χ3v) is 7.77. The lowest BCUT2D eigenvalue weighted by Gasteiger charge is -2.26. The van der Waals surface area contributed by atoms with Crippen molar-refractivity contribution in [3.63, 3.8) is 0 Å². The van der Waals surface area contributed by atoms with Crippen LogP contribution in [0.1, 0.15) is 43.0 Å². The Hall–Kier alpha value is -0.430. The van der Waals surface area contributed by atoms with Gasteiger partial charge < -0.3 is 0 Å². The van der Waals surface area contributed by atoms with E-state index in [-0.39, 0.29) is 6.04 Å². The first kappa shape index (κ1) is 17.4. The molecule has 0 radical (unpaired) electrons. The van der Waals surface area contributed by atoms with Gasteiger partial charge >= 0.3 is 0 Å². The molecule has 0 aliphatic carbocycles. The van der Waals surface area contributed by atoms with Crippen LogP contribution in [0.2, 0.25) is 0 Å². The molecule has 2 aliphatic rings. The fourth-order valence-corrected chi connectivity index (χ4v) is 6.40. The van der Waals surface area contributed by atoms with Gasteiger partial charge in [0.2, 0.25) is 0 Å². The Morgan fingerprint density at radius 1 is 1.30 bits per heavy atom. The third kappa shape index (κ3) is 4.78. The highest BCUT2D eigenvalue weighted by Crippen LogP contribution is 2.24. The van der Waals surface area contributed by atoms with Gasteiger partial charge in [-0.3, -0.25) is 9.80 Å². The molecule has 1 aromatic rings. The Morgan fingerprint density at radius 3 is 2.74 bits per heavy atom. The second kappa shape index (κ2) is 7.64. The smallest absolute Gasteiger partial charge is 0.151 e. The fourth-order valence-electron chi connectivity index (χ4n) is 3.73. The molecule has 4 nitrogen and oxygen atoms in total. The van der Waals surface area contributed by atoms with E-state index in [0.717, 1.165) is 26.1 Å². The van der Waals surface area contributed by atoms with Crippen molar-refractivity contribution in [1.82, 2.24) is 9.80 Å². The molecule has 3 heterocycles. The van der Waals surface area contributed by atoms with E-state index in [0.29, 0.717) is 11.5 Å². The van der Waals surface area contributed by atoms with Gasteiger partial charge in [0.25, 0.3) is 0 Å². The van der Waals surface area contributed by atoms with Crippen LogP contribution in [0.4, 0.5) is 0 Å². The minimum absolute atomic E-state index is 0.206. The van der Waals surface area contributed by atoms with Crippen LogP contribution in [0, 0.1) is 0 Å². The van der Waals surface area contributed by atoms with Crippen molar-refractivity contribution in [3.05, 3.63) is 21.9 Å². The molecule has 130 valence electrons. The molecule has 1 unspecified atom stereocenters. The number of rotatable bonds is 6. The van der Waals surface area contributed by atoms with Crippen LogP contribution in [-0.2, 0) is 22.9 Å². The average Bonchev–Trinajstić information content (AvgIpc) is 3.12. The topological polar surface area (TPSA) is 40.6 Å². The lowest BCUT2D eigenvalue weighted by molar-refractivity contribution is 0.215. The number of thiophene rings is 1. The SMILES string of the molecule is CCN(Cc1cc(CN2CCCCC2)cs1)C1CCS(=O)(=O)C1. The molecule has 0 spiro atoms. The summed E-state index contributed by atoms with van der Waals surface area (Å²) in [5.41, 5.74) is 1.42. The van der Waals surface area contributed by atoms with Gasteiger partial charge in [0.1, 0.15) is 0 Å². The third-order valence-electron chi connectivity index (χ3n) is 5.05. The fraction of sp³-hybridized carbons (Fsp3) is 0.765. The van der Waals surface area contributed by atoms with Crippen molar-refractivity contribution in [2.45, 2.75) is 51.7 Å². The van der Waals surface area contributed by atoms with Gasteiger partial charge in [-0.15, -0.1) is 11.3 Å². The molecule has 0 bridgehead atoms. The zero-order valence-corrected chi connectivity index (χ0v) is 15.7. The van der Waals surface area contributed by atoms with Crippen LogP contribution in [0.15, 0.2) is 11.4 Å². The molecule has 3 rings (SSSR count). The highest BCUT2D eigenvalue weighted by Gasteiger charge is 2.31. The van der Waals surface area contributed by atoms with Gasteiger partial charge in [-0.05, 0) is 55.9 Å².